The minimum Gasteiger partial charge on any atom is -0.379 e. The quantitative estimate of drug-likeness (QED) is 0.763. The van der Waals surface area contributed by atoms with Gasteiger partial charge in [0.15, 0.2) is 0 Å². The molecule has 2 saturated heterocycles. The van der Waals surface area contributed by atoms with Crippen LogP contribution in [0.2, 0.25) is 0 Å². The highest BCUT2D eigenvalue weighted by Crippen LogP contribution is 2.31. The van der Waals surface area contributed by atoms with Crippen molar-refractivity contribution in [3.05, 3.63) is 52.2 Å². The first-order chi connectivity index (χ1) is 13.6. The van der Waals surface area contributed by atoms with Gasteiger partial charge in [-0.2, -0.15) is 4.31 Å². The van der Waals surface area contributed by atoms with Crippen LogP contribution in [0.15, 0.2) is 46.7 Å². The minimum atomic E-state index is -3.53. The summed E-state index contributed by atoms with van der Waals surface area (Å²) in [5.41, 5.74) is 0.538. The second-order valence-corrected chi connectivity index (χ2v) is 10.0. The summed E-state index contributed by atoms with van der Waals surface area (Å²) in [4.78, 5) is 16.3. The van der Waals surface area contributed by atoms with Crippen molar-refractivity contribution >= 4 is 27.3 Å². The fourth-order valence-electron chi connectivity index (χ4n) is 3.78. The van der Waals surface area contributed by atoms with Gasteiger partial charge in [-0.15, -0.1) is 11.3 Å². The molecule has 150 valence electrons. The van der Waals surface area contributed by atoms with Gasteiger partial charge in [0.1, 0.15) is 0 Å². The largest absolute Gasteiger partial charge is 0.379 e. The number of morpholine rings is 1. The summed E-state index contributed by atoms with van der Waals surface area (Å²) >= 11 is 1.78. The number of thiophene rings is 1. The number of ether oxygens (including phenoxy) is 1. The van der Waals surface area contributed by atoms with Gasteiger partial charge in [-0.1, -0.05) is 6.07 Å². The third-order valence-electron chi connectivity index (χ3n) is 5.44. The predicted molar refractivity (Wildman–Crippen MR) is 108 cm³/mol. The third-order valence-corrected chi connectivity index (χ3v) is 8.38. The van der Waals surface area contributed by atoms with Crippen molar-refractivity contribution in [1.82, 2.24) is 9.21 Å². The Morgan fingerprint density at radius 3 is 2.29 bits per heavy atom. The monoisotopic (exact) mass is 420 g/mol. The Bertz CT molecular complexity index is 896. The van der Waals surface area contributed by atoms with Crippen LogP contribution >= 0.6 is 11.3 Å². The molecule has 0 aliphatic carbocycles. The van der Waals surface area contributed by atoms with Gasteiger partial charge in [0.25, 0.3) is 5.91 Å². The number of piperidine rings is 1. The number of likely N-dealkylation sites (tertiary alicyclic amines) is 1. The maximum atomic E-state index is 12.8. The zero-order valence-corrected chi connectivity index (χ0v) is 17.3. The van der Waals surface area contributed by atoms with E-state index in [2.05, 4.69) is 17.5 Å². The van der Waals surface area contributed by atoms with Crippen LogP contribution in [0.3, 0.4) is 0 Å². The van der Waals surface area contributed by atoms with Crippen LogP contribution < -0.4 is 0 Å². The van der Waals surface area contributed by atoms with Crippen molar-refractivity contribution in [3.8, 4) is 0 Å². The van der Waals surface area contributed by atoms with E-state index in [1.165, 1.54) is 21.3 Å². The highest BCUT2D eigenvalue weighted by molar-refractivity contribution is 7.89. The van der Waals surface area contributed by atoms with E-state index in [1.807, 2.05) is 4.90 Å². The molecule has 4 rings (SSSR count). The first-order valence-corrected chi connectivity index (χ1v) is 11.9. The topological polar surface area (TPSA) is 66.9 Å². The van der Waals surface area contributed by atoms with Crippen molar-refractivity contribution in [1.29, 1.82) is 0 Å². The lowest BCUT2D eigenvalue weighted by molar-refractivity contribution is 0.0713. The Morgan fingerprint density at radius 2 is 1.68 bits per heavy atom. The van der Waals surface area contributed by atoms with Gasteiger partial charge in [-0.3, -0.25) is 4.79 Å². The van der Waals surface area contributed by atoms with Crippen LogP contribution in [0.4, 0.5) is 0 Å². The Kier molecular flexibility index (Phi) is 5.82. The lowest BCUT2D eigenvalue weighted by Gasteiger charge is -2.31. The van der Waals surface area contributed by atoms with Gasteiger partial charge in [0.2, 0.25) is 10.0 Å². The summed E-state index contributed by atoms with van der Waals surface area (Å²) in [7, 11) is -3.53. The Morgan fingerprint density at radius 1 is 1.00 bits per heavy atom. The molecule has 1 aromatic heterocycles. The number of benzene rings is 1. The molecule has 0 saturated carbocycles. The van der Waals surface area contributed by atoms with Crippen molar-refractivity contribution in [2.45, 2.75) is 23.7 Å². The van der Waals surface area contributed by atoms with Gasteiger partial charge < -0.3 is 9.64 Å². The van der Waals surface area contributed by atoms with E-state index in [-0.39, 0.29) is 10.8 Å². The van der Waals surface area contributed by atoms with Crippen LogP contribution in [-0.2, 0) is 14.8 Å². The standard InChI is InChI=1S/C20H24N2O4S2/c23-20(21-9-7-16(8-10-21)19-2-1-15-27-19)17-3-5-18(6-4-17)28(24,25)22-11-13-26-14-12-22/h1-6,15-16H,7-14H2. The summed E-state index contributed by atoms with van der Waals surface area (Å²) in [6, 6.07) is 10.6. The molecule has 0 bridgehead atoms. The number of rotatable bonds is 4. The molecule has 1 aromatic carbocycles. The molecule has 2 aliphatic rings. The molecular weight excluding hydrogens is 396 g/mol. The Labute approximate surface area is 169 Å². The molecule has 28 heavy (non-hydrogen) atoms. The first-order valence-electron chi connectivity index (χ1n) is 9.56. The van der Waals surface area contributed by atoms with Crippen LogP contribution in [-0.4, -0.2) is 62.9 Å². The fourth-order valence-corrected chi connectivity index (χ4v) is 6.09. The molecule has 0 N–H and O–H groups in total. The normalized spacial score (nSPS) is 19.6. The van der Waals surface area contributed by atoms with E-state index < -0.39 is 10.0 Å². The van der Waals surface area contributed by atoms with E-state index in [1.54, 1.807) is 23.5 Å². The molecule has 2 fully saturated rings. The molecule has 2 aliphatic heterocycles. The number of amides is 1. The molecule has 6 nitrogen and oxygen atoms in total. The Hall–Kier alpha value is -1.74. The molecular formula is C20H24N2O4S2. The molecule has 0 unspecified atom stereocenters. The molecule has 1 amide bonds. The van der Waals surface area contributed by atoms with Gasteiger partial charge >= 0.3 is 0 Å². The number of carbonyl (C=O) groups is 1. The highest BCUT2D eigenvalue weighted by atomic mass is 32.2. The summed E-state index contributed by atoms with van der Waals surface area (Å²) in [5.74, 6) is 0.505. The van der Waals surface area contributed by atoms with E-state index in [9.17, 15) is 13.2 Å². The summed E-state index contributed by atoms with van der Waals surface area (Å²) in [5, 5.41) is 2.10. The molecule has 0 radical (unpaired) electrons. The van der Waals surface area contributed by atoms with Gasteiger partial charge in [0.05, 0.1) is 18.1 Å². The predicted octanol–water partition coefficient (Wildman–Crippen LogP) is 2.79. The van der Waals surface area contributed by atoms with Gasteiger partial charge in [-0.05, 0) is 54.5 Å². The van der Waals surface area contributed by atoms with Crippen LogP contribution in [0.1, 0.15) is 34.0 Å². The number of hydrogen-bond donors (Lipinski definition) is 0. The number of carbonyl (C=O) groups excluding carboxylic acids is 1. The molecule has 0 atom stereocenters. The summed E-state index contributed by atoms with van der Waals surface area (Å²) in [6.07, 6.45) is 1.94. The van der Waals surface area contributed by atoms with Crippen LogP contribution in [0.25, 0.3) is 0 Å². The summed E-state index contributed by atoms with van der Waals surface area (Å²) in [6.45, 7) is 3.02. The lowest BCUT2D eigenvalue weighted by atomic mass is 9.95. The van der Waals surface area contributed by atoms with E-state index >= 15 is 0 Å². The lowest BCUT2D eigenvalue weighted by Crippen LogP contribution is -2.40. The number of nitrogens with zero attached hydrogens (tertiary/aromatic N) is 2. The molecule has 2 aromatic rings. The fraction of sp³-hybridized carbons (Fsp3) is 0.450. The first kappa shape index (κ1) is 19.6. The average Bonchev–Trinajstić information content (AvgIpc) is 3.29. The van der Waals surface area contributed by atoms with Crippen LogP contribution in [0, 0.1) is 0 Å². The van der Waals surface area contributed by atoms with E-state index in [0.29, 0.717) is 37.8 Å². The van der Waals surface area contributed by atoms with Crippen LogP contribution in [0.5, 0.6) is 0 Å². The van der Waals surface area contributed by atoms with Crippen molar-refractivity contribution in [2.75, 3.05) is 39.4 Å². The zero-order valence-electron chi connectivity index (χ0n) is 15.6. The molecule has 8 heteroatoms. The second-order valence-electron chi connectivity index (χ2n) is 7.12. The third kappa shape index (κ3) is 4.00. The van der Waals surface area contributed by atoms with Gasteiger partial charge in [-0.25, -0.2) is 8.42 Å². The van der Waals surface area contributed by atoms with Gasteiger partial charge in [0, 0.05) is 36.6 Å². The maximum absolute atomic E-state index is 12.8. The minimum absolute atomic E-state index is 0.0278. The number of sulfonamides is 1. The van der Waals surface area contributed by atoms with Crippen molar-refractivity contribution in [2.24, 2.45) is 0 Å². The van der Waals surface area contributed by atoms with Crippen molar-refractivity contribution in [3.63, 3.8) is 0 Å². The number of hydrogen-bond acceptors (Lipinski definition) is 5. The second kappa shape index (κ2) is 8.32. The SMILES string of the molecule is O=C(c1ccc(S(=O)(=O)N2CCOCC2)cc1)N1CCC(c2cccs2)CC1. The maximum Gasteiger partial charge on any atom is 0.253 e. The summed E-state index contributed by atoms with van der Waals surface area (Å²) < 4.78 is 32.0. The smallest absolute Gasteiger partial charge is 0.253 e. The van der Waals surface area contributed by atoms with E-state index in [0.717, 1.165) is 25.9 Å². The zero-order chi connectivity index (χ0) is 19.6. The Balaban J connectivity index is 1.40. The highest BCUT2D eigenvalue weighted by Gasteiger charge is 2.28. The van der Waals surface area contributed by atoms with Crippen molar-refractivity contribution < 1.29 is 17.9 Å². The molecule has 0 spiro atoms. The van der Waals surface area contributed by atoms with E-state index in [4.69, 9.17) is 4.74 Å². The molecule has 3 heterocycles. The average molecular weight is 421 g/mol.